The van der Waals surface area contributed by atoms with Crippen molar-refractivity contribution in [2.45, 2.75) is 11.1 Å². The van der Waals surface area contributed by atoms with Crippen molar-refractivity contribution >= 4 is 61.2 Å². The maximum absolute atomic E-state index is 12.6. The molecule has 0 saturated carbocycles. The molecule has 3 rings (SSSR count). The summed E-state index contributed by atoms with van der Waals surface area (Å²) in [6.07, 6.45) is 0. The van der Waals surface area contributed by atoms with Crippen LogP contribution >= 0.6 is 34.3 Å². The van der Waals surface area contributed by atoms with Gasteiger partial charge in [-0.2, -0.15) is 4.31 Å². The van der Waals surface area contributed by atoms with E-state index in [-0.39, 0.29) is 36.4 Å². The molecule has 12 heteroatoms. The molecule has 0 spiro atoms. The van der Waals surface area contributed by atoms with Crippen molar-refractivity contribution < 1.29 is 22.7 Å². The summed E-state index contributed by atoms with van der Waals surface area (Å²) in [4.78, 5) is 26.1. The van der Waals surface area contributed by atoms with E-state index in [0.717, 1.165) is 11.3 Å². The first-order valence-corrected chi connectivity index (χ1v) is 12.3. The molecule has 3 heterocycles. The number of anilines is 1. The van der Waals surface area contributed by atoms with Gasteiger partial charge in [-0.3, -0.25) is 9.69 Å². The number of piperazine rings is 1. The Morgan fingerprint density at radius 3 is 2.55 bits per heavy atom. The van der Waals surface area contributed by atoms with Crippen LogP contribution in [-0.2, 0) is 19.6 Å². The van der Waals surface area contributed by atoms with E-state index in [1.807, 2.05) is 4.90 Å². The predicted molar refractivity (Wildman–Crippen MR) is 113 cm³/mol. The van der Waals surface area contributed by atoms with Gasteiger partial charge in [0.1, 0.15) is 9.21 Å². The monoisotopic (exact) mass is 477 g/mol. The van der Waals surface area contributed by atoms with Crippen LogP contribution in [0.1, 0.15) is 17.3 Å². The molecular weight excluding hydrogens is 458 g/mol. The molecule has 0 atom stereocenters. The molecule has 1 aliphatic heterocycles. The second-order valence-corrected chi connectivity index (χ2v) is 11.0. The molecule has 1 N–H and O–H groups in total. The predicted octanol–water partition coefficient (Wildman–Crippen LogP) is 2.58. The minimum Gasteiger partial charge on any atom is -0.462 e. The SMILES string of the molecule is CCOC(=O)c1ccsc1NC(=O)CN1CCN(S(=O)(=O)c2ccc(Cl)s2)CC1. The number of nitrogens with zero attached hydrogens (tertiary/aromatic N) is 2. The van der Waals surface area contributed by atoms with Gasteiger partial charge in [0.2, 0.25) is 5.91 Å². The first-order valence-electron chi connectivity index (χ1n) is 8.83. The summed E-state index contributed by atoms with van der Waals surface area (Å²) in [6.45, 7) is 3.53. The standard InChI is InChI=1S/C17H20ClN3O5S3/c1-2-26-17(23)12-5-10-27-16(12)19-14(22)11-20-6-8-21(9-7-20)29(24,25)15-4-3-13(18)28-15/h3-5,10H,2,6-9,11H2,1H3,(H,19,22). The molecule has 8 nitrogen and oxygen atoms in total. The summed E-state index contributed by atoms with van der Waals surface area (Å²) in [6, 6.07) is 4.68. The molecule has 1 saturated heterocycles. The van der Waals surface area contributed by atoms with Crippen molar-refractivity contribution in [1.82, 2.24) is 9.21 Å². The van der Waals surface area contributed by atoms with Crippen molar-refractivity contribution in [2.75, 3.05) is 44.6 Å². The number of rotatable bonds is 7. The third-order valence-corrected chi connectivity index (χ3v) is 8.68. The lowest BCUT2D eigenvalue weighted by Crippen LogP contribution is -2.50. The van der Waals surface area contributed by atoms with E-state index in [1.54, 1.807) is 24.4 Å². The van der Waals surface area contributed by atoms with E-state index in [0.29, 0.717) is 28.0 Å². The topological polar surface area (TPSA) is 96.0 Å². The summed E-state index contributed by atoms with van der Waals surface area (Å²) in [5, 5.41) is 4.90. The van der Waals surface area contributed by atoms with E-state index in [2.05, 4.69) is 5.32 Å². The fourth-order valence-corrected chi connectivity index (χ4v) is 6.69. The van der Waals surface area contributed by atoms with Crippen molar-refractivity contribution in [1.29, 1.82) is 0 Å². The smallest absolute Gasteiger partial charge is 0.341 e. The molecule has 0 bridgehead atoms. The third kappa shape index (κ3) is 5.36. The highest BCUT2D eigenvalue weighted by Crippen LogP contribution is 2.28. The van der Waals surface area contributed by atoms with Crippen LogP contribution in [0.5, 0.6) is 0 Å². The fraction of sp³-hybridized carbons (Fsp3) is 0.412. The van der Waals surface area contributed by atoms with Crippen molar-refractivity contribution in [2.24, 2.45) is 0 Å². The first kappa shape index (κ1) is 22.2. The molecule has 2 aromatic rings. The highest BCUT2D eigenvalue weighted by molar-refractivity contribution is 7.91. The number of esters is 1. The Hall–Kier alpha value is -1.50. The Balaban J connectivity index is 1.53. The van der Waals surface area contributed by atoms with Gasteiger partial charge in [-0.15, -0.1) is 22.7 Å². The summed E-state index contributed by atoms with van der Waals surface area (Å²) in [5.74, 6) is -0.740. The number of nitrogens with one attached hydrogen (secondary N) is 1. The quantitative estimate of drug-likeness (QED) is 0.616. The number of halogens is 1. The summed E-state index contributed by atoms with van der Waals surface area (Å²) >= 11 is 8.13. The van der Waals surface area contributed by atoms with E-state index in [9.17, 15) is 18.0 Å². The average molecular weight is 478 g/mol. The number of hydrogen-bond donors (Lipinski definition) is 1. The molecule has 0 aliphatic carbocycles. The molecule has 2 aromatic heterocycles. The number of carbonyl (C=O) groups excluding carboxylic acids is 2. The Labute approximate surface area is 182 Å². The van der Waals surface area contributed by atoms with Crippen molar-refractivity contribution in [3.8, 4) is 0 Å². The van der Waals surface area contributed by atoms with Gasteiger partial charge in [-0.1, -0.05) is 11.6 Å². The van der Waals surface area contributed by atoms with Crippen LogP contribution in [0.2, 0.25) is 4.34 Å². The molecule has 158 valence electrons. The fourth-order valence-electron chi connectivity index (χ4n) is 2.84. The maximum atomic E-state index is 12.6. The summed E-state index contributed by atoms with van der Waals surface area (Å²) in [7, 11) is -3.56. The van der Waals surface area contributed by atoms with Crippen LogP contribution in [0.4, 0.5) is 5.00 Å². The summed E-state index contributed by atoms with van der Waals surface area (Å²) < 4.78 is 32.3. The van der Waals surface area contributed by atoms with Crippen molar-refractivity contribution in [3.05, 3.63) is 33.5 Å². The maximum Gasteiger partial charge on any atom is 0.341 e. The molecular formula is C17H20ClN3O5S3. The zero-order chi connectivity index (χ0) is 21.0. The Bertz CT molecular complexity index is 980. The number of sulfonamides is 1. The Kier molecular flexibility index (Phi) is 7.30. The van der Waals surface area contributed by atoms with E-state index in [4.69, 9.17) is 16.3 Å². The average Bonchev–Trinajstić information content (AvgIpc) is 3.31. The van der Waals surface area contributed by atoms with Gasteiger partial charge in [-0.25, -0.2) is 13.2 Å². The number of hydrogen-bond acceptors (Lipinski definition) is 8. The lowest BCUT2D eigenvalue weighted by Gasteiger charge is -2.33. The zero-order valence-electron chi connectivity index (χ0n) is 15.6. The molecule has 1 aliphatic rings. The van der Waals surface area contributed by atoms with Gasteiger partial charge in [0.05, 0.1) is 23.1 Å². The third-order valence-electron chi connectivity index (χ3n) is 4.25. The Morgan fingerprint density at radius 2 is 1.93 bits per heavy atom. The molecule has 1 amide bonds. The van der Waals surface area contributed by atoms with Crippen molar-refractivity contribution in [3.63, 3.8) is 0 Å². The first-order chi connectivity index (χ1) is 13.8. The Morgan fingerprint density at radius 1 is 1.21 bits per heavy atom. The highest BCUT2D eigenvalue weighted by Gasteiger charge is 2.30. The largest absolute Gasteiger partial charge is 0.462 e. The van der Waals surface area contributed by atoms with E-state index in [1.165, 1.54) is 21.7 Å². The van der Waals surface area contributed by atoms with Gasteiger partial charge >= 0.3 is 5.97 Å². The molecule has 1 fully saturated rings. The van der Waals surface area contributed by atoms with Crippen LogP contribution in [-0.4, -0.2) is 68.8 Å². The van der Waals surface area contributed by atoms with Gasteiger partial charge in [0.25, 0.3) is 10.0 Å². The van der Waals surface area contributed by atoms with Gasteiger partial charge in [-0.05, 0) is 30.5 Å². The van der Waals surface area contributed by atoms with Crippen LogP contribution in [0, 0.1) is 0 Å². The number of amides is 1. The number of carbonyl (C=O) groups is 2. The van der Waals surface area contributed by atoms with Gasteiger partial charge in [0, 0.05) is 26.2 Å². The second-order valence-electron chi connectivity index (χ2n) is 6.17. The van der Waals surface area contributed by atoms with E-state index < -0.39 is 16.0 Å². The molecule has 0 aromatic carbocycles. The number of ether oxygens (including phenoxy) is 1. The van der Waals surface area contributed by atoms with Crippen LogP contribution in [0.15, 0.2) is 27.8 Å². The van der Waals surface area contributed by atoms with Gasteiger partial charge < -0.3 is 10.1 Å². The van der Waals surface area contributed by atoms with Crippen LogP contribution in [0.3, 0.4) is 0 Å². The van der Waals surface area contributed by atoms with Gasteiger partial charge in [0.15, 0.2) is 0 Å². The lowest BCUT2D eigenvalue weighted by atomic mass is 10.3. The molecule has 29 heavy (non-hydrogen) atoms. The highest BCUT2D eigenvalue weighted by atomic mass is 35.5. The molecule has 0 radical (unpaired) electrons. The molecule has 0 unspecified atom stereocenters. The van der Waals surface area contributed by atoms with E-state index >= 15 is 0 Å². The van der Waals surface area contributed by atoms with Crippen LogP contribution < -0.4 is 5.32 Å². The van der Waals surface area contributed by atoms with Crippen LogP contribution in [0.25, 0.3) is 0 Å². The number of thiophene rings is 2. The minimum atomic E-state index is -3.56. The lowest BCUT2D eigenvalue weighted by molar-refractivity contribution is -0.117. The normalized spacial score (nSPS) is 15.9. The summed E-state index contributed by atoms with van der Waals surface area (Å²) in [5.41, 5.74) is 0.329. The second kappa shape index (κ2) is 9.54. The zero-order valence-corrected chi connectivity index (χ0v) is 18.8. The minimum absolute atomic E-state index is 0.110.